The maximum Gasteiger partial charge on any atom is 0.0532 e. The van der Waals surface area contributed by atoms with Gasteiger partial charge in [-0.2, -0.15) is 0 Å². The van der Waals surface area contributed by atoms with E-state index in [2.05, 4.69) is 152 Å². The summed E-state index contributed by atoms with van der Waals surface area (Å²) in [5.41, 5.74) is 10.8. The van der Waals surface area contributed by atoms with E-state index in [0.717, 1.165) is 13.2 Å². The molecular formula is C38H46O. The number of ether oxygens (including phenoxy) is 1. The summed E-state index contributed by atoms with van der Waals surface area (Å²) in [6, 6.07) is 35.5. The molecule has 0 saturated carbocycles. The van der Waals surface area contributed by atoms with Gasteiger partial charge in [-0.05, 0) is 58.4 Å². The van der Waals surface area contributed by atoms with Crippen LogP contribution in [0.5, 0.6) is 0 Å². The van der Waals surface area contributed by atoms with Crippen molar-refractivity contribution in [3.05, 3.63) is 142 Å². The number of aryl methyl sites for hydroxylation is 2. The van der Waals surface area contributed by atoms with Gasteiger partial charge in [0, 0.05) is 22.7 Å². The minimum atomic E-state index is -0.0244. The van der Waals surface area contributed by atoms with Crippen molar-refractivity contribution in [2.75, 3.05) is 13.2 Å². The number of hydrogen-bond acceptors (Lipinski definition) is 1. The molecule has 2 atom stereocenters. The zero-order chi connectivity index (χ0) is 28.2. The lowest BCUT2D eigenvalue weighted by Crippen LogP contribution is -2.20. The molecule has 0 saturated heterocycles. The molecule has 39 heavy (non-hydrogen) atoms. The predicted molar refractivity (Wildman–Crippen MR) is 167 cm³/mol. The summed E-state index contributed by atoms with van der Waals surface area (Å²) in [4.78, 5) is 0. The highest BCUT2D eigenvalue weighted by Crippen LogP contribution is 2.35. The number of hydrogen-bond donors (Lipinski definition) is 0. The standard InChI is InChI=1S/C38H46O/c1-27-23-33(37(5,6)31-15-11-9-12-16-31)19-21-35(27)29(3)25-39-26-30(4)36-22-20-34(24-28(36)2)38(7,8)32-17-13-10-14-18-32/h9-24,29-30H,25-26H2,1-8H3. The van der Waals surface area contributed by atoms with Crippen molar-refractivity contribution in [3.8, 4) is 0 Å². The molecule has 1 nitrogen and oxygen atoms in total. The summed E-state index contributed by atoms with van der Waals surface area (Å²) < 4.78 is 6.31. The van der Waals surface area contributed by atoms with E-state index in [1.165, 1.54) is 44.5 Å². The fourth-order valence-electron chi connectivity index (χ4n) is 5.88. The number of benzene rings is 4. The summed E-state index contributed by atoms with van der Waals surface area (Å²) in [7, 11) is 0. The van der Waals surface area contributed by atoms with Gasteiger partial charge in [-0.3, -0.25) is 0 Å². The molecule has 4 aromatic carbocycles. The van der Waals surface area contributed by atoms with Gasteiger partial charge in [0.1, 0.15) is 0 Å². The molecule has 0 aliphatic rings. The van der Waals surface area contributed by atoms with Crippen LogP contribution in [0.1, 0.15) is 97.9 Å². The van der Waals surface area contributed by atoms with E-state index in [1.54, 1.807) is 0 Å². The maximum atomic E-state index is 6.31. The van der Waals surface area contributed by atoms with Gasteiger partial charge in [0.25, 0.3) is 0 Å². The predicted octanol–water partition coefficient (Wildman–Crippen LogP) is 9.88. The topological polar surface area (TPSA) is 9.23 Å². The zero-order valence-corrected chi connectivity index (χ0v) is 25.2. The Bertz CT molecular complexity index is 1260. The second-order valence-electron chi connectivity index (χ2n) is 12.5. The van der Waals surface area contributed by atoms with Crippen molar-refractivity contribution < 1.29 is 4.74 Å². The quantitative estimate of drug-likeness (QED) is 0.203. The van der Waals surface area contributed by atoms with E-state index in [1.807, 2.05) is 0 Å². The zero-order valence-electron chi connectivity index (χ0n) is 25.2. The lowest BCUT2D eigenvalue weighted by molar-refractivity contribution is 0.113. The Kier molecular flexibility index (Phi) is 8.82. The van der Waals surface area contributed by atoms with E-state index in [0.29, 0.717) is 11.8 Å². The van der Waals surface area contributed by atoms with Crippen LogP contribution in [-0.4, -0.2) is 13.2 Å². The summed E-state index contributed by atoms with van der Waals surface area (Å²) in [6.07, 6.45) is 0. The lowest BCUT2D eigenvalue weighted by atomic mass is 9.77. The molecule has 0 heterocycles. The minimum absolute atomic E-state index is 0.0244. The average molecular weight is 519 g/mol. The summed E-state index contributed by atoms with van der Waals surface area (Å²) in [5, 5.41) is 0. The van der Waals surface area contributed by atoms with Crippen LogP contribution >= 0.6 is 0 Å². The highest BCUT2D eigenvalue weighted by Gasteiger charge is 2.25. The maximum absolute atomic E-state index is 6.31. The summed E-state index contributed by atoms with van der Waals surface area (Å²) >= 11 is 0. The van der Waals surface area contributed by atoms with E-state index < -0.39 is 0 Å². The Morgan fingerprint density at radius 2 is 0.872 bits per heavy atom. The molecule has 0 aromatic heterocycles. The van der Waals surface area contributed by atoms with E-state index in [4.69, 9.17) is 4.74 Å². The largest absolute Gasteiger partial charge is 0.380 e. The Morgan fingerprint density at radius 3 is 1.21 bits per heavy atom. The van der Waals surface area contributed by atoms with E-state index in [9.17, 15) is 0 Å². The monoisotopic (exact) mass is 518 g/mol. The summed E-state index contributed by atoms with van der Waals surface area (Å²) in [5.74, 6) is 0.697. The molecular weight excluding hydrogens is 472 g/mol. The molecule has 0 bridgehead atoms. The lowest BCUT2D eigenvalue weighted by Gasteiger charge is -2.28. The van der Waals surface area contributed by atoms with Gasteiger partial charge in [0.05, 0.1) is 13.2 Å². The second kappa shape index (κ2) is 11.9. The molecule has 0 radical (unpaired) electrons. The second-order valence-corrected chi connectivity index (χ2v) is 12.5. The van der Waals surface area contributed by atoms with Gasteiger partial charge in [-0.15, -0.1) is 0 Å². The third-order valence-electron chi connectivity index (χ3n) is 8.77. The molecule has 204 valence electrons. The van der Waals surface area contributed by atoms with Crippen LogP contribution in [-0.2, 0) is 15.6 Å². The molecule has 0 aliphatic heterocycles. The Morgan fingerprint density at radius 1 is 0.513 bits per heavy atom. The SMILES string of the molecule is Cc1cc(C(C)(C)c2ccccc2)ccc1C(C)COCC(C)c1ccc(C(C)(C)c2ccccc2)cc1C. The Labute approximate surface area is 237 Å². The van der Waals surface area contributed by atoms with Gasteiger partial charge in [-0.1, -0.05) is 139 Å². The minimum Gasteiger partial charge on any atom is -0.380 e. The van der Waals surface area contributed by atoms with Crippen molar-refractivity contribution in [3.63, 3.8) is 0 Å². The fourth-order valence-corrected chi connectivity index (χ4v) is 5.88. The van der Waals surface area contributed by atoms with E-state index in [-0.39, 0.29) is 10.8 Å². The van der Waals surface area contributed by atoms with Gasteiger partial charge >= 0.3 is 0 Å². The first-order valence-electron chi connectivity index (χ1n) is 14.4. The van der Waals surface area contributed by atoms with Gasteiger partial charge in [0.15, 0.2) is 0 Å². The molecule has 4 aromatic rings. The van der Waals surface area contributed by atoms with Crippen LogP contribution in [0.15, 0.2) is 97.1 Å². The number of rotatable bonds is 10. The smallest absolute Gasteiger partial charge is 0.0532 e. The molecule has 1 heteroatoms. The van der Waals surface area contributed by atoms with Crippen LogP contribution in [0.2, 0.25) is 0 Å². The Hall–Kier alpha value is -3.16. The van der Waals surface area contributed by atoms with Gasteiger partial charge < -0.3 is 4.74 Å². The highest BCUT2D eigenvalue weighted by molar-refractivity contribution is 5.44. The van der Waals surface area contributed by atoms with Crippen molar-refractivity contribution in [2.45, 2.75) is 78.1 Å². The normalized spacial score (nSPS) is 13.7. The summed E-state index contributed by atoms with van der Waals surface area (Å²) in [6.45, 7) is 19.7. The average Bonchev–Trinajstić information content (AvgIpc) is 2.93. The molecule has 4 rings (SSSR count). The van der Waals surface area contributed by atoms with E-state index >= 15 is 0 Å². The van der Waals surface area contributed by atoms with Crippen LogP contribution in [0.4, 0.5) is 0 Å². The molecule has 0 aliphatic carbocycles. The van der Waals surface area contributed by atoms with Crippen molar-refractivity contribution >= 4 is 0 Å². The molecule has 0 N–H and O–H groups in total. The van der Waals surface area contributed by atoms with Crippen molar-refractivity contribution in [1.29, 1.82) is 0 Å². The fraction of sp³-hybridized carbons (Fsp3) is 0.368. The first kappa shape index (κ1) is 28.8. The van der Waals surface area contributed by atoms with Gasteiger partial charge in [0.2, 0.25) is 0 Å². The van der Waals surface area contributed by atoms with Crippen LogP contribution < -0.4 is 0 Å². The van der Waals surface area contributed by atoms with Gasteiger partial charge in [-0.25, -0.2) is 0 Å². The Balaban J connectivity index is 1.38. The first-order valence-corrected chi connectivity index (χ1v) is 14.4. The highest BCUT2D eigenvalue weighted by atomic mass is 16.5. The third kappa shape index (κ3) is 6.36. The molecule has 0 amide bonds. The van der Waals surface area contributed by atoms with Crippen molar-refractivity contribution in [2.24, 2.45) is 0 Å². The van der Waals surface area contributed by atoms with Crippen LogP contribution in [0.3, 0.4) is 0 Å². The first-order chi connectivity index (χ1) is 18.5. The molecule has 0 spiro atoms. The third-order valence-corrected chi connectivity index (χ3v) is 8.77. The molecule has 2 unspecified atom stereocenters. The van der Waals surface area contributed by atoms with Crippen LogP contribution in [0, 0.1) is 13.8 Å². The van der Waals surface area contributed by atoms with Crippen LogP contribution in [0.25, 0.3) is 0 Å². The molecule has 0 fully saturated rings. The van der Waals surface area contributed by atoms with Crippen molar-refractivity contribution in [1.82, 2.24) is 0 Å².